The van der Waals surface area contributed by atoms with Crippen LogP contribution in [0.1, 0.15) is 5.56 Å². The largest absolute Gasteiger partial charge is 0.361 e. The van der Waals surface area contributed by atoms with Crippen molar-refractivity contribution in [2.45, 2.75) is 4.90 Å². The summed E-state index contributed by atoms with van der Waals surface area (Å²) in [5.74, 6) is 0. The standard InChI is InChI=1S/C17H12N2O2S/c18-11-15(22(20,21)14-6-2-1-3-7-14)10-13-12-19-17-9-5-4-8-16(13)17/h1-10,12,19H/b15-10-. The fourth-order valence-electron chi connectivity index (χ4n) is 2.25. The second-order valence-electron chi connectivity index (χ2n) is 4.73. The average molecular weight is 308 g/mol. The van der Waals surface area contributed by atoms with E-state index < -0.39 is 9.84 Å². The van der Waals surface area contributed by atoms with Crippen molar-refractivity contribution in [3.8, 4) is 6.07 Å². The molecule has 0 atom stereocenters. The summed E-state index contributed by atoms with van der Waals surface area (Å²) in [7, 11) is -3.81. The molecule has 0 radical (unpaired) electrons. The Labute approximate surface area is 128 Å². The minimum Gasteiger partial charge on any atom is -0.361 e. The summed E-state index contributed by atoms with van der Waals surface area (Å²) in [6.07, 6.45) is 3.10. The molecule has 0 aliphatic heterocycles. The lowest BCUT2D eigenvalue weighted by Gasteiger charge is -2.02. The number of nitrogens with one attached hydrogen (secondary N) is 1. The maximum atomic E-state index is 12.5. The quantitative estimate of drug-likeness (QED) is 0.752. The summed E-state index contributed by atoms with van der Waals surface area (Å²) in [4.78, 5) is 2.90. The van der Waals surface area contributed by atoms with Crippen LogP contribution in [0.25, 0.3) is 17.0 Å². The van der Waals surface area contributed by atoms with Gasteiger partial charge in [0.2, 0.25) is 9.84 Å². The van der Waals surface area contributed by atoms with E-state index in [1.807, 2.05) is 24.3 Å². The van der Waals surface area contributed by atoms with E-state index in [1.165, 1.54) is 18.2 Å². The molecule has 0 aliphatic carbocycles. The Balaban J connectivity index is 2.14. The molecule has 0 saturated heterocycles. The summed E-state index contributed by atoms with van der Waals surface area (Å²) >= 11 is 0. The maximum absolute atomic E-state index is 12.5. The topological polar surface area (TPSA) is 73.7 Å². The van der Waals surface area contributed by atoms with E-state index in [2.05, 4.69) is 4.98 Å². The van der Waals surface area contributed by atoms with Crippen LogP contribution in [0.5, 0.6) is 0 Å². The first-order valence-corrected chi connectivity index (χ1v) is 8.09. The smallest absolute Gasteiger partial charge is 0.216 e. The molecule has 2 aromatic carbocycles. The van der Waals surface area contributed by atoms with E-state index in [0.717, 1.165) is 10.9 Å². The highest BCUT2D eigenvalue weighted by molar-refractivity contribution is 7.95. The van der Waals surface area contributed by atoms with Crippen molar-refractivity contribution in [2.75, 3.05) is 0 Å². The van der Waals surface area contributed by atoms with Crippen molar-refractivity contribution in [1.29, 1.82) is 5.26 Å². The molecule has 5 heteroatoms. The van der Waals surface area contributed by atoms with Gasteiger partial charge in [-0.25, -0.2) is 8.42 Å². The fraction of sp³-hybridized carbons (Fsp3) is 0. The van der Waals surface area contributed by atoms with Gasteiger partial charge in [0.1, 0.15) is 11.0 Å². The van der Waals surface area contributed by atoms with Gasteiger partial charge in [0.05, 0.1) is 4.90 Å². The highest BCUT2D eigenvalue weighted by Gasteiger charge is 2.20. The molecule has 3 aromatic rings. The molecule has 1 heterocycles. The Morgan fingerprint density at radius 2 is 1.73 bits per heavy atom. The molecule has 108 valence electrons. The molecule has 22 heavy (non-hydrogen) atoms. The number of para-hydroxylation sites is 1. The Morgan fingerprint density at radius 1 is 1.05 bits per heavy atom. The van der Waals surface area contributed by atoms with Crippen LogP contribution in [0.4, 0.5) is 0 Å². The molecule has 0 unspecified atom stereocenters. The lowest BCUT2D eigenvalue weighted by atomic mass is 10.1. The number of hydrogen-bond acceptors (Lipinski definition) is 3. The van der Waals surface area contributed by atoms with Gasteiger partial charge in [-0.2, -0.15) is 5.26 Å². The molecular weight excluding hydrogens is 296 g/mol. The van der Waals surface area contributed by atoms with Crippen LogP contribution in [0.2, 0.25) is 0 Å². The summed E-state index contributed by atoms with van der Waals surface area (Å²) < 4.78 is 25.0. The molecular formula is C17H12N2O2S. The number of aromatic amines is 1. The van der Waals surface area contributed by atoms with Gasteiger partial charge < -0.3 is 4.98 Å². The Hall–Kier alpha value is -2.84. The normalized spacial score (nSPS) is 12.2. The first-order chi connectivity index (χ1) is 10.6. The van der Waals surface area contributed by atoms with Crippen LogP contribution in [0.15, 0.2) is 70.6 Å². The second-order valence-corrected chi connectivity index (χ2v) is 6.64. The molecule has 3 rings (SSSR count). The van der Waals surface area contributed by atoms with Crippen molar-refractivity contribution < 1.29 is 8.42 Å². The molecule has 1 N–H and O–H groups in total. The number of nitrogens with zero attached hydrogens (tertiary/aromatic N) is 1. The highest BCUT2D eigenvalue weighted by atomic mass is 32.2. The van der Waals surface area contributed by atoms with Gasteiger partial charge in [-0.3, -0.25) is 0 Å². The monoisotopic (exact) mass is 308 g/mol. The Morgan fingerprint density at radius 3 is 2.45 bits per heavy atom. The van der Waals surface area contributed by atoms with E-state index >= 15 is 0 Å². The van der Waals surface area contributed by atoms with Gasteiger partial charge in [0, 0.05) is 22.7 Å². The molecule has 0 saturated carbocycles. The van der Waals surface area contributed by atoms with Crippen molar-refractivity contribution in [3.63, 3.8) is 0 Å². The Kier molecular flexibility index (Phi) is 3.53. The molecule has 0 amide bonds. The fourth-order valence-corrected chi connectivity index (χ4v) is 3.42. The van der Waals surface area contributed by atoms with E-state index in [9.17, 15) is 13.7 Å². The van der Waals surface area contributed by atoms with Crippen LogP contribution in [-0.4, -0.2) is 13.4 Å². The van der Waals surface area contributed by atoms with Crippen LogP contribution >= 0.6 is 0 Å². The number of fused-ring (bicyclic) bond motifs is 1. The third kappa shape index (κ3) is 2.41. The Bertz CT molecular complexity index is 994. The van der Waals surface area contributed by atoms with E-state index in [4.69, 9.17) is 0 Å². The predicted octanol–water partition coefficient (Wildman–Crippen LogP) is 3.51. The lowest BCUT2D eigenvalue weighted by molar-refractivity contribution is 0.603. The zero-order valence-corrected chi connectivity index (χ0v) is 12.3. The summed E-state index contributed by atoms with van der Waals surface area (Å²) in [5.41, 5.74) is 1.56. The lowest BCUT2D eigenvalue weighted by Crippen LogP contribution is -2.03. The predicted molar refractivity (Wildman–Crippen MR) is 85.5 cm³/mol. The zero-order chi connectivity index (χ0) is 15.6. The van der Waals surface area contributed by atoms with Gasteiger partial charge >= 0.3 is 0 Å². The van der Waals surface area contributed by atoms with E-state index in [-0.39, 0.29) is 9.80 Å². The molecule has 1 aromatic heterocycles. The van der Waals surface area contributed by atoms with Crippen LogP contribution < -0.4 is 0 Å². The summed E-state index contributed by atoms with van der Waals surface area (Å²) in [6, 6.07) is 17.3. The number of benzene rings is 2. The third-order valence-electron chi connectivity index (χ3n) is 3.36. The van der Waals surface area contributed by atoms with Crippen LogP contribution in [0.3, 0.4) is 0 Å². The summed E-state index contributed by atoms with van der Waals surface area (Å²) in [6.45, 7) is 0. The van der Waals surface area contributed by atoms with Gasteiger partial charge in [-0.1, -0.05) is 36.4 Å². The van der Waals surface area contributed by atoms with Crippen LogP contribution in [-0.2, 0) is 9.84 Å². The number of rotatable bonds is 3. The van der Waals surface area contributed by atoms with Gasteiger partial charge in [-0.15, -0.1) is 0 Å². The number of nitriles is 1. The minimum absolute atomic E-state index is 0.114. The summed E-state index contributed by atoms with van der Waals surface area (Å²) in [5, 5.41) is 10.2. The first-order valence-electron chi connectivity index (χ1n) is 6.61. The number of allylic oxidation sites excluding steroid dienone is 1. The van der Waals surface area contributed by atoms with Crippen molar-refractivity contribution in [3.05, 3.63) is 71.3 Å². The van der Waals surface area contributed by atoms with Gasteiger partial charge in [-0.05, 0) is 24.3 Å². The van der Waals surface area contributed by atoms with Crippen molar-refractivity contribution in [2.24, 2.45) is 0 Å². The van der Waals surface area contributed by atoms with E-state index in [0.29, 0.717) is 5.56 Å². The number of H-pyrrole nitrogens is 1. The molecule has 0 aliphatic rings. The molecule has 0 spiro atoms. The van der Waals surface area contributed by atoms with Crippen molar-refractivity contribution >= 4 is 26.8 Å². The first kappa shape index (κ1) is 14.1. The molecule has 0 fully saturated rings. The van der Waals surface area contributed by atoms with Crippen molar-refractivity contribution in [1.82, 2.24) is 4.98 Å². The molecule has 0 bridgehead atoms. The number of aromatic nitrogens is 1. The van der Waals surface area contributed by atoms with Gasteiger partial charge in [0.15, 0.2) is 0 Å². The number of sulfone groups is 1. The maximum Gasteiger partial charge on any atom is 0.216 e. The number of hydrogen-bond donors (Lipinski definition) is 1. The average Bonchev–Trinajstić information content (AvgIpc) is 2.96. The zero-order valence-electron chi connectivity index (χ0n) is 11.5. The van der Waals surface area contributed by atoms with Crippen LogP contribution in [0, 0.1) is 11.3 Å². The SMILES string of the molecule is N#C/C(=C/c1c[nH]c2ccccc12)S(=O)(=O)c1ccccc1. The second kappa shape index (κ2) is 5.51. The minimum atomic E-state index is -3.81. The highest BCUT2D eigenvalue weighted by Crippen LogP contribution is 2.24. The molecule has 4 nitrogen and oxygen atoms in total. The van der Waals surface area contributed by atoms with Gasteiger partial charge in [0.25, 0.3) is 0 Å². The third-order valence-corrected chi connectivity index (χ3v) is 5.04. The van der Waals surface area contributed by atoms with E-state index in [1.54, 1.807) is 30.5 Å².